The zero-order valence-corrected chi connectivity index (χ0v) is 25.5. The van der Waals surface area contributed by atoms with Gasteiger partial charge in [0, 0.05) is 41.9 Å². The summed E-state index contributed by atoms with van der Waals surface area (Å²) in [7, 11) is 0. The van der Waals surface area contributed by atoms with Crippen LogP contribution >= 0.6 is 0 Å². The minimum Gasteiger partial charge on any atom is -0.349 e. The highest BCUT2D eigenvalue weighted by Crippen LogP contribution is 2.17. The molecule has 1 unspecified atom stereocenters. The number of nitrogens with zero attached hydrogens (tertiary/aromatic N) is 1. The van der Waals surface area contributed by atoms with E-state index in [0.717, 1.165) is 62.9 Å². The molecule has 3 aromatic carbocycles. The summed E-state index contributed by atoms with van der Waals surface area (Å²) in [5.74, 6) is -0.687. The van der Waals surface area contributed by atoms with Crippen LogP contribution in [0.2, 0.25) is 0 Å². The maximum absolute atomic E-state index is 13.5. The van der Waals surface area contributed by atoms with Crippen LogP contribution in [0.4, 0.5) is 5.69 Å². The fourth-order valence-electron chi connectivity index (χ4n) is 5.08. The monoisotopic (exact) mass is 569 g/mol. The maximum Gasteiger partial charge on any atom is 0.253 e. The van der Waals surface area contributed by atoms with E-state index in [1.807, 2.05) is 72.5 Å². The number of hydrogen-bond donors (Lipinski definition) is 2. The highest BCUT2D eigenvalue weighted by molar-refractivity contribution is 6.00. The van der Waals surface area contributed by atoms with Gasteiger partial charge in [-0.2, -0.15) is 0 Å². The third-order valence-corrected chi connectivity index (χ3v) is 7.51. The van der Waals surface area contributed by atoms with Crippen LogP contribution in [0.5, 0.6) is 0 Å². The van der Waals surface area contributed by atoms with Gasteiger partial charge in [0.05, 0.1) is 0 Å². The van der Waals surface area contributed by atoms with Crippen molar-refractivity contribution in [3.8, 4) is 0 Å². The van der Waals surface area contributed by atoms with Crippen molar-refractivity contribution < 1.29 is 14.4 Å². The summed E-state index contributed by atoms with van der Waals surface area (Å²) < 4.78 is 0. The van der Waals surface area contributed by atoms with E-state index in [1.54, 1.807) is 24.3 Å². The van der Waals surface area contributed by atoms with Crippen molar-refractivity contribution in [3.63, 3.8) is 0 Å². The second kappa shape index (κ2) is 17.8. The number of benzene rings is 3. The Balaban J connectivity index is 1.73. The lowest BCUT2D eigenvalue weighted by atomic mass is 9.95. The minimum atomic E-state index is -0.327. The van der Waals surface area contributed by atoms with E-state index < -0.39 is 0 Å². The maximum atomic E-state index is 13.5. The highest BCUT2D eigenvalue weighted by Gasteiger charge is 2.23. The largest absolute Gasteiger partial charge is 0.349 e. The summed E-state index contributed by atoms with van der Waals surface area (Å²) in [6, 6.07) is 26.1. The molecule has 0 bridgehead atoms. The van der Waals surface area contributed by atoms with E-state index in [2.05, 4.69) is 24.5 Å². The number of carbonyl (C=O) groups is 3. The van der Waals surface area contributed by atoms with Gasteiger partial charge in [0.25, 0.3) is 11.8 Å². The molecule has 2 atom stereocenters. The van der Waals surface area contributed by atoms with Gasteiger partial charge in [0.2, 0.25) is 5.91 Å². The van der Waals surface area contributed by atoms with Crippen molar-refractivity contribution in [3.05, 3.63) is 102 Å². The molecule has 0 fully saturated rings. The van der Waals surface area contributed by atoms with Crippen LogP contribution in [0.15, 0.2) is 84.9 Å². The number of carbonyl (C=O) groups excluding carboxylic acids is 3. The molecule has 2 N–H and O–H groups in total. The first-order valence-corrected chi connectivity index (χ1v) is 15.5. The molecule has 42 heavy (non-hydrogen) atoms. The lowest BCUT2D eigenvalue weighted by Gasteiger charge is -2.24. The number of anilines is 1. The summed E-state index contributed by atoms with van der Waals surface area (Å²) in [4.78, 5) is 41.9. The Morgan fingerprint density at radius 2 is 1.33 bits per heavy atom. The second-order valence-electron chi connectivity index (χ2n) is 11.1. The molecule has 0 radical (unpaired) electrons. The van der Waals surface area contributed by atoms with Gasteiger partial charge >= 0.3 is 0 Å². The smallest absolute Gasteiger partial charge is 0.253 e. The van der Waals surface area contributed by atoms with Crippen LogP contribution in [-0.4, -0.2) is 41.8 Å². The van der Waals surface area contributed by atoms with Crippen molar-refractivity contribution >= 4 is 23.4 Å². The fourth-order valence-corrected chi connectivity index (χ4v) is 5.08. The first kappa shape index (κ1) is 32.6. The van der Waals surface area contributed by atoms with Crippen molar-refractivity contribution in [2.45, 2.75) is 78.2 Å². The van der Waals surface area contributed by atoms with E-state index in [0.29, 0.717) is 24.0 Å². The Morgan fingerprint density at radius 1 is 0.738 bits per heavy atom. The lowest BCUT2D eigenvalue weighted by Crippen LogP contribution is -2.39. The number of amides is 3. The van der Waals surface area contributed by atoms with E-state index in [-0.39, 0.29) is 29.7 Å². The zero-order chi connectivity index (χ0) is 30.2. The summed E-state index contributed by atoms with van der Waals surface area (Å²) in [6.07, 6.45) is 7.40. The molecule has 0 saturated heterocycles. The van der Waals surface area contributed by atoms with Crippen LogP contribution in [-0.2, 0) is 11.2 Å². The van der Waals surface area contributed by atoms with Gasteiger partial charge in [-0.25, -0.2) is 0 Å². The summed E-state index contributed by atoms with van der Waals surface area (Å²) in [6.45, 7) is 7.66. The third kappa shape index (κ3) is 10.8. The Bertz CT molecular complexity index is 1240. The van der Waals surface area contributed by atoms with Crippen LogP contribution in [0.25, 0.3) is 0 Å². The Morgan fingerprint density at radius 3 is 1.95 bits per heavy atom. The Kier molecular flexibility index (Phi) is 13.8. The molecule has 0 aliphatic heterocycles. The first-order valence-electron chi connectivity index (χ1n) is 15.5. The van der Waals surface area contributed by atoms with E-state index in [1.165, 1.54) is 0 Å². The van der Waals surface area contributed by atoms with Crippen molar-refractivity contribution in [1.82, 2.24) is 10.2 Å². The van der Waals surface area contributed by atoms with Crippen LogP contribution in [0.3, 0.4) is 0 Å². The lowest BCUT2D eigenvalue weighted by molar-refractivity contribution is -0.119. The van der Waals surface area contributed by atoms with Crippen molar-refractivity contribution in [1.29, 1.82) is 0 Å². The first-order chi connectivity index (χ1) is 20.4. The molecule has 3 aromatic rings. The predicted octanol–water partition coefficient (Wildman–Crippen LogP) is 7.52. The Labute approximate surface area is 251 Å². The molecule has 0 aliphatic carbocycles. The van der Waals surface area contributed by atoms with Gasteiger partial charge in [-0.05, 0) is 61.6 Å². The average Bonchev–Trinajstić information content (AvgIpc) is 3.01. The van der Waals surface area contributed by atoms with E-state index >= 15 is 0 Å². The molecule has 3 rings (SSSR count). The van der Waals surface area contributed by atoms with Crippen molar-refractivity contribution in [2.24, 2.45) is 5.92 Å². The summed E-state index contributed by atoms with van der Waals surface area (Å²) in [5, 5.41) is 6.14. The topological polar surface area (TPSA) is 78.5 Å². The summed E-state index contributed by atoms with van der Waals surface area (Å²) >= 11 is 0. The minimum absolute atomic E-state index is 0.0242. The SMILES string of the molecule is CCCCCN(CCCCC)C(=O)c1cccc(C(=O)N[C@@H](Cc2ccccc2)CC(C)C(=O)Nc2ccccc2)c1. The van der Waals surface area contributed by atoms with Gasteiger partial charge in [0.1, 0.15) is 0 Å². The average molecular weight is 570 g/mol. The van der Waals surface area contributed by atoms with Crippen molar-refractivity contribution in [2.75, 3.05) is 18.4 Å². The number of hydrogen-bond acceptors (Lipinski definition) is 3. The zero-order valence-electron chi connectivity index (χ0n) is 25.5. The number of rotatable bonds is 17. The molecule has 0 heterocycles. The normalized spacial score (nSPS) is 12.3. The molecule has 6 heteroatoms. The van der Waals surface area contributed by atoms with Crippen LogP contribution in [0, 0.1) is 5.92 Å². The second-order valence-corrected chi connectivity index (χ2v) is 11.1. The highest BCUT2D eigenvalue weighted by atomic mass is 16.2. The fraction of sp³-hybridized carbons (Fsp3) is 0.417. The van der Waals surface area contributed by atoms with Crippen LogP contribution in [0.1, 0.15) is 92.0 Å². The number of para-hydroxylation sites is 1. The van der Waals surface area contributed by atoms with Gasteiger partial charge < -0.3 is 15.5 Å². The van der Waals surface area contributed by atoms with Gasteiger partial charge in [0.15, 0.2) is 0 Å². The molecule has 0 saturated carbocycles. The van der Waals surface area contributed by atoms with E-state index in [9.17, 15) is 14.4 Å². The molecule has 224 valence electrons. The third-order valence-electron chi connectivity index (χ3n) is 7.51. The molecular formula is C36H47N3O3. The van der Waals surface area contributed by atoms with E-state index in [4.69, 9.17) is 0 Å². The molecule has 6 nitrogen and oxygen atoms in total. The Hall–Kier alpha value is -3.93. The molecule has 0 aliphatic rings. The van der Waals surface area contributed by atoms with Crippen LogP contribution < -0.4 is 10.6 Å². The van der Waals surface area contributed by atoms with Gasteiger partial charge in [-0.3, -0.25) is 14.4 Å². The van der Waals surface area contributed by atoms with Gasteiger partial charge in [-0.1, -0.05) is 101 Å². The van der Waals surface area contributed by atoms with Gasteiger partial charge in [-0.15, -0.1) is 0 Å². The molecule has 0 spiro atoms. The summed E-state index contributed by atoms with van der Waals surface area (Å²) in [5.41, 5.74) is 2.81. The quantitative estimate of drug-likeness (QED) is 0.165. The number of unbranched alkanes of at least 4 members (excludes halogenated alkanes) is 4. The number of nitrogens with one attached hydrogen (secondary N) is 2. The molecule has 3 amide bonds. The molecular weight excluding hydrogens is 522 g/mol. The standard InChI is InChI=1S/C36H47N3O3/c1-4-6-14-23-39(24-15-7-5-2)36(42)31-20-16-19-30(27-31)35(41)38-33(26-29-17-10-8-11-18-29)25-28(3)34(40)37-32-21-12-9-13-22-32/h8-13,16-22,27-28,33H,4-7,14-15,23-26H2,1-3H3,(H,37,40)(H,38,41)/t28?,33-/m1/s1. The molecule has 0 aromatic heterocycles. The predicted molar refractivity (Wildman–Crippen MR) is 172 cm³/mol.